The summed E-state index contributed by atoms with van der Waals surface area (Å²) in [4.78, 5) is 4.27. The molecule has 0 fully saturated rings. The van der Waals surface area contributed by atoms with Crippen LogP contribution in [0.4, 0.5) is 0 Å². The highest BCUT2D eigenvalue weighted by atomic mass is 16.5. The molecule has 0 spiro atoms. The second kappa shape index (κ2) is 4.00. The zero-order valence-corrected chi connectivity index (χ0v) is 9.07. The fourth-order valence-corrected chi connectivity index (χ4v) is 1.64. The molecule has 80 valence electrons. The molecule has 2 rings (SSSR count). The van der Waals surface area contributed by atoms with Gasteiger partial charge in [0.2, 0.25) is 0 Å². The standard InChI is InChI=1S/C11H14N2O2/c1-7-13-9-6-8(11(12-2)14-3)4-5-10(9)15-7/h4-6,11-12H,1-3H3. The van der Waals surface area contributed by atoms with Gasteiger partial charge < -0.3 is 9.15 Å². The van der Waals surface area contributed by atoms with E-state index >= 15 is 0 Å². The van der Waals surface area contributed by atoms with Gasteiger partial charge in [0, 0.05) is 14.0 Å². The zero-order chi connectivity index (χ0) is 10.8. The summed E-state index contributed by atoms with van der Waals surface area (Å²) in [7, 11) is 3.52. The summed E-state index contributed by atoms with van der Waals surface area (Å²) in [6.07, 6.45) is -0.105. The summed E-state index contributed by atoms with van der Waals surface area (Å²) < 4.78 is 10.7. The monoisotopic (exact) mass is 206 g/mol. The maximum Gasteiger partial charge on any atom is 0.192 e. The van der Waals surface area contributed by atoms with E-state index in [9.17, 15) is 0 Å². The lowest BCUT2D eigenvalue weighted by Gasteiger charge is -2.13. The molecule has 1 aromatic carbocycles. The molecule has 15 heavy (non-hydrogen) atoms. The average molecular weight is 206 g/mol. The fourth-order valence-electron chi connectivity index (χ4n) is 1.64. The minimum atomic E-state index is -0.105. The number of oxazole rings is 1. The molecule has 0 aliphatic carbocycles. The van der Waals surface area contributed by atoms with Crippen LogP contribution in [0.5, 0.6) is 0 Å². The second-order valence-electron chi connectivity index (χ2n) is 3.36. The molecule has 0 bridgehead atoms. The minimum Gasteiger partial charge on any atom is -0.441 e. The van der Waals surface area contributed by atoms with Gasteiger partial charge in [-0.1, -0.05) is 6.07 Å². The molecule has 1 atom stereocenters. The molecule has 0 radical (unpaired) electrons. The molecule has 1 aromatic heterocycles. The highest BCUT2D eigenvalue weighted by molar-refractivity contribution is 5.73. The molecule has 0 aliphatic heterocycles. The van der Waals surface area contributed by atoms with E-state index in [2.05, 4.69) is 10.3 Å². The van der Waals surface area contributed by atoms with Gasteiger partial charge in [0.15, 0.2) is 11.5 Å². The molecule has 0 aliphatic rings. The number of nitrogens with one attached hydrogen (secondary N) is 1. The van der Waals surface area contributed by atoms with E-state index in [1.54, 1.807) is 7.11 Å². The molecule has 2 aromatic rings. The Morgan fingerprint density at radius 3 is 2.93 bits per heavy atom. The van der Waals surface area contributed by atoms with E-state index in [0.29, 0.717) is 5.89 Å². The van der Waals surface area contributed by atoms with Gasteiger partial charge in [0.25, 0.3) is 0 Å². The lowest BCUT2D eigenvalue weighted by molar-refractivity contribution is 0.0810. The van der Waals surface area contributed by atoms with Crippen molar-refractivity contribution >= 4 is 11.1 Å². The quantitative estimate of drug-likeness (QED) is 0.780. The summed E-state index contributed by atoms with van der Waals surface area (Å²) in [6.45, 7) is 1.84. The summed E-state index contributed by atoms with van der Waals surface area (Å²) in [5.74, 6) is 0.681. The molecule has 0 saturated carbocycles. The van der Waals surface area contributed by atoms with Crippen molar-refractivity contribution in [2.24, 2.45) is 0 Å². The number of fused-ring (bicyclic) bond motifs is 1. The highest BCUT2D eigenvalue weighted by Gasteiger charge is 2.10. The largest absolute Gasteiger partial charge is 0.441 e. The van der Waals surface area contributed by atoms with Crippen LogP contribution in [0.1, 0.15) is 17.7 Å². The van der Waals surface area contributed by atoms with Crippen molar-refractivity contribution in [1.29, 1.82) is 0 Å². The average Bonchev–Trinajstić information content (AvgIpc) is 2.59. The highest BCUT2D eigenvalue weighted by Crippen LogP contribution is 2.20. The third-order valence-corrected chi connectivity index (χ3v) is 2.32. The molecule has 1 heterocycles. The van der Waals surface area contributed by atoms with Gasteiger partial charge in [-0.2, -0.15) is 0 Å². The lowest BCUT2D eigenvalue weighted by Crippen LogP contribution is -2.17. The molecule has 0 saturated heterocycles. The van der Waals surface area contributed by atoms with E-state index in [1.165, 1.54) is 0 Å². The van der Waals surface area contributed by atoms with Crippen LogP contribution < -0.4 is 5.32 Å². The van der Waals surface area contributed by atoms with Crippen LogP contribution in [0.3, 0.4) is 0 Å². The van der Waals surface area contributed by atoms with Gasteiger partial charge in [-0.3, -0.25) is 5.32 Å². The third kappa shape index (κ3) is 1.86. The fraction of sp³-hybridized carbons (Fsp3) is 0.364. The Morgan fingerprint density at radius 1 is 1.47 bits per heavy atom. The van der Waals surface area contributed by atoms with E-state index in [-0.39, 0.29) is 6.23 Å². The number of hydrogen-bond donors (Lipinski definition) is 1. The number of ether oxygens (including phenoxy) is 1. The molecule has 1 N–H and O–H groups in total. The predicted molar refractivity (Wildman–Crippen MR) is 57.6 cm³/mol. The van der Waals surface area contributed by atoms with Crippen LogP contribution in [0.2, 0.25) is 0 Å². The van der Waals surface area contributed by atoms with Crippen molar-refractivity contribution in [2.75, 3.05) is 14.2 Å². The van der Waals surface area contributed by atoms with Crippen molar-refractivity contribution in [3.63, 3.8) is 0 Å². The van der Waals surface area contributed by atoms with Crippen molar-refractivity contribution < 1.29 is 9.15 Å². The summed E-state index contributed by atoms with van der Waals surface area (Å²) >= 11 is 0. The Bertz CT molecular complexity index is 461. The van der Waals surface area contributed by atoms with E-state index < -0.39 is 0 Å². The van der Waals surface area contributed by atoms with Crippen molar-refractivity contribution in [3.8, 4) is 0 Å². The minimum absolute atomic E-state index is 0.105. The van der Waals surface area contributed by atoms with Gasteiger partial charge in [-0.05, 0) is 24.7 Å². The van der Waals surface area contributed by atoms with Crippen molar-refractivity contribution in [1.82, 2.24) is 10.3 Å². The number of nitrogens with zero attached hydrogens (tertiary/aromatic N) is 1. The molecular formula is C11H14N2O2. The van der Waals surface area contributed by atoms with Crippen molar-refractivity contribution in [2.45, 2.75) is 13.2 Å². The summed E-state index contributed by atoms with van der Waals surface area (Å²) in [6, 6.07) is 5.85. The topological polar surface area (TPSA) is 47.3 Å². The molecular weight excluding hydrogens is 192 g/mol. The van der Waals surface area contributed by atoms with Crippen LogP contribution in [0, 0.1) is 6.92 Å². The van der Waals surface area contributed by atoms with Gasteiger partial charge >= 0.3 is 0 Å². The first-order chi connectivity index (χ1) is 7.24. The number of methoxy groups -OCH3 is 1. The van der Waals surface area contributed by atoms with E-state index in [0.717, 1.165) is 16.7 Å². The zero-order valence-electron chi connectivity index (χ0n) is 9.07. The van der Waals surface area contributed by atoms with Crippen LogP contribution >= 0.6 is 0 Å². The second-order valence-corrected chi connectivity index (χ2v) is 3.36. The Hall–Kier alpha value is -1.39. The summed E-state index contributed by atoms with van der Waals surface area (Å²) in [5, 5.41) is 3.06. The molecule has 4 heteroatoms. The predicted octanol–water partition coefficient (Wildman–Crippen LogP) is 2.00. The van der Waals surface area contributed by atoms with Gasteiger partial charge in [0.05, 0.1) is 0 Å². The molecule has 1 unspecified atom stereocenters. The first kappa shape index (κ1) is 10.1. The van der Waals surface area contributed by atoms with Crippen molar-refractivity contribution in [3.05, 3.63) is 29.7 Å². The van der Waals surface area contributed by atoms with Gasteiger partial charge in [-0.25, -0.2) is 4.98 Å². The van der Waals surface area contributed by atoms with E-state index in [1.807, 2.05) is 32.2 Å². The number of aryl methyl sites for hydroxylation is 1. The first-order valence-electron chi connectivity index (χ1n) is 4.81. The van der Waals surface area contributed by atoms with E-state index in [4.69, 9.17) is 9.15 Å². The summed E-state index contributed by atoms with van der Waals surface area (Å²) in [5.41, 5.74) is 2.71. The van der Waals surface area contributed by atoms with Crippen LogP contribution in [0.15, 0.2) is 22.6 Å². The Kier molecular flexibility index (Phi) is 2.70. The lowest BCUT2D eigenvalue weighted by atomic mass is 10.2. The number of benzene rings is 1. The SMILES string of the molecule is CNC(OC)c1ccc2oc(C)nc2c1. The Balaban J connectivity index is 2.45. The van der Waals surface area contributed by atoms with Gasteiger partial charge in [-0.15, -0.1) is 0 Å². The first-order valence-corrected chi connectivity index (χ1v) is 4.81. The molecule has 0 amide bonds. The van der Waals surface area contributed by atoms with Crippen LogP contribution in [-0.2, 0) is 4.74 Å². The Labute approximate surface area is 88.3 Å². The van der Waals surface area contributed by atoms with Crippen LogP contribution in [0.25, 0.3) is 11.1 Å². The maximum absolute atomic E-state index is 5.40. The smallest absolute Gasteiger partial charge is 0.192 e. The molecule has 4 nitrogen and oxygen atoms in total. The third-order valence-electron chi connectivity index (χ3n) is 2.32. The van der Waals surface area contributed by atoms with Gasteiger partial charge in [0.1, 0.15) is 11.7 Å². The number of hydrogen-bond acceptors (Lipinski definition) is 4. The number of aromatic nitrogens is 1. The Morgan fingerprint density at radius 2 is 2.27 bits per heavy atom. The normalized spacial score (nSPS) is 13.3. The number of rotatable bonds is 3. The maximum atomic E-state index is 5.40. The van der Waals surface area contributed by atoms with Crippen LogP contribution in [-0.4, -0.2) is 19.1 Å².